The van der Waals surface area contributed by atoms with Crippen molar-refractivity contribution in [2.45, 2.75) is 0 Å². The number of nitrogens with two attached hydrogens (primary N) is 1. The first-order valence-corrected chi connectivity index (χ1v) is 7.64. The van der Waals surface area contributed by atoms with E-state index in [-0.39, 0.29) is 11.5 Å². The number of carbonyl (C=O) groups excluding carboxylic acids is 1. The zero-order valence-electron chi connectivity index (χ0n) is 12.0. The Bertz CT molecular complexity index is 894. The molecule has 0 atom stereocenters. The Morgan fingerprint density at radius 3 is 2.22 bits per heavy atom. The van der Waals surface area contributed by atoms with Gasteiger partial charge in [-0.2, -0.15) is 0 Å². The van der Waals surface area contributed by atoms with Crippen LogP contribution in [0.2, 0.25) is 10.0 Å². The Labute approximate surface area is 143 Å². The average molecular weight is 343 g/mol. The predicted molar refractivity (Wildman–Crippen MR) is 94.0 cm³/mol. The first kappa shape index (κ1) is 15.5. The normalized spacial score (nSPS) is 10.5. The molecule has 2 N–H and O–H groups in total. The highest BCUT2D eigenvalue weighted by Crippen LogP contribution is 2.33. The molecular weight excluding hydrogens is 331 g/mol. The zero-order valence-corrected chi connectivity index (χ0v) is 13.5. The Kier molecular flexibility index (Phi) is 4.33. The van der Waals surface area contributed by atoms with E-state index >= 15 is 0 Å². The fourth-order valence-corrected chi connectivity index (χ4v) is 2.78. The summed E-state index contributed by atoms with van der Waals surface area (Å²) < 4.78 is 0. The van der Waals surface area contributed by atoms with Crippen LogP contribution in [-0.2, 0) is 0 Å². The van der Waals surface area contributed by atoms with E-state index in [0.29, 0.717) is 32.4 Å². The van der Waals surface area contributed by atoms with Crippen LogP contribution in [0, 0.1) is 0 Å². The van der Waals surface area contributed by atoms with Gasteiger partial charge < -0.3 is 5.73 Å². The van der Waals surface area contributed by atoms with Crippen LogP contribution in [0.1, 0.15) is 15.9 Å². The molecule has 5 heteroatoms. The molecule has 1 aromatic heterocycles. The highest BCUT2D eigenvalue weighted by Gasteiger charge is 2.19. The number of hydrogen-bond donors (Lipinski definition) is 1. The van der Waals surface area contributed by atoms with E-state index in [1.165, 1.54) is 0 Å². The van der Waals surface area contributed by atoms with Crippen molar-refractivity contribution in [2.24, 2.45) is 0 Å². The summed E-state index contributed by atoms with van der Waals surface area (Å²) in [4.78, 5) is 17.0. The molecule has 0 spiro atoms. The summed E-state index contributed by atoms with van der Waals surface area (Å²) in [7, 11) is 0. The molecule has 3 nitrogen and oxygen atoms in total. The van der Waals surface area contributed by atoms with Gasteiger partial charge in [0.25, 0.3) is 0 Å². The molecule has 0 saturated carbocycles. The molecule has 1 heterocycles. The van der Waals surface area contributed by atoms with Gasteiger partial charge in [-0.25, -0.2) is 0 Å². The lowest BCUT2D eigenvalue weighted by Gasteiger charge is -2.11. The number of ketones is 1. The summed E-state index contributed by atoms with van der Waals surface area (Å²) >= 11 is 12.3. The van der Waals surface area contributed by atoms with E-state index in [1.807, 2.05) is 18.2 Å². The summed E-state index contributed by atoms with van der Waals surface area (Å²) in [5.41, 5.74) is 8.38. The smallest absolute Gasteiger partial charge is 0.196 e. The van der Waals surface area contributed by atoms with Gasteiger partial charge in [-0.1, -0.05) is 53.5 Å². The SMILES string of the molecule is Nc1c(C(=O)c2ccccc2Cl)ccnc1-c1ccccc1Cl. The second-order valence-corrected chi connectivity index (χ2v) is 5.72. The van der Waals surface area contributed by atoms with Crippen molar-refractivity contribution >= 4 is 34.7 Å². The van der Waals surface area contributed by atoms with Gasteiger partial charge >= 0.3 is 0 Å². The molecule has 23 heavy (non-hydrogen) atoms. The topological polar surface area (TPSA) is 56.0 Å². The lowest BCUT2D eigenvalue weighted by Crippen LogP contribution is -2.08. The summed E-state index contributed by atoms with van der Waals surface area (Å²) in [5.74, 6) is -0.246. The standard InChI is InChI=1S/C18H12Cl2N2O/c19-14-7-3-1-5-11(14)17-16(21)13(9-10-22-17)18(23)12-6-2-4-8-15(12)20/h1-10H,21H2. The van der Waals surface area contributed by atoms with Gasteiger partial charge in [0, 0.05) is 22.9 Å². The number of rotatable bonds is 3. The minimum Gasteiger partial charge on any atom is -0.396 e. The number of hydrogen-bond acceptors (Lipinski definition) is 3. The molecule has 114 valence electrons. The van der Waals surface area contributed by atoms with E-state index in [1.54, 1.807) is 42.6 Å². The van der Waals surface area contributed by atoms with Crippen LogP contribution in [-0.4, -0.2) is 10.8 Å². The maximum absolute atomic E-state index is 12.7. The fourth-order valence-electron chi connectivity index (χ4n) is 2.33. The Morgan fingerprint density at radius 2 is 1.52 bits per heavy atom. The van der Waals surface area contributed by atoms with E-state index in [4.69, 9.17) is 28.9 Å². The Hall–Kier alpha value is -2.36. The number of halogens is 2. The van der Waals surface area contributed by atoms with Crippen molar-refractivity contribution in [1.82, 2.24) is 4.98 Å². The van der Waals surface area contributed by atoms with E-state index < -0.39 is 0 Å². The summed E-state index contributed by atoms with van der Waals surface area (Å²) in [6, 6.07) is 15.7. The average Bonchev–Trinajstić information content (AvgIpc) is 2.56. The van der Waals surface area contributed by atoms with E-state index in [9.17, 15) is 4.79 Å². The van der Waals surface area contributed by atoms with Crippen molar-refractivity contribution in [1.29, 1.82) is 0 Å². The number of aromatic nitrogens is 1. The number of anilines is 1. The molecule has 0 aliphatic carbocycles. The van der Waals surface area contributed by atoms with Crippen molar-refractivity contribution in [3.05, 3.63) is 82.0 Å². The minimum atomic E-state index is -0.246. The van der Waals surface area contributed by atoms with Crippen molar-refractivity contribution in [3.8, 4) is 11.3 Å². The lowest BCUT2D eigenvalue weighted by molar-refractivity contribution is 0.103. The molecule has 0 bridgehead atoms. The maximum Gasteiger partial charge on any atom is 0.196 e. The molecule has 0 unspecified atom stereocenters. The largest absolute Gasteiger partial charge is 0.396 e. The van der Waals surface area contributed by atoms with Crippen LogP contribution in [0.25, 0.3) is 11.3 Å². The number of pyridine rings is 1. The van der Waals surface area contributed by atoms with Crippen LogP contribution in [0.4, 0.5) is 5.69 Å². The molecule has 0 fully saturated rings. The highest BCUT2D eigenvalue weighted by molar-refractivity contribution is 6.35. The third-order valence-electron chi connectivity index (χ3n) is 3.48. The Morgan fingerprint density at radius 1 is 0.870 bits per heavy atom. The van der Waals surface area contributed by atoms with Crippen LogP contribution in [0.5, 0.6) is 0 Å². The molecular formula is C18H12Cl2N2O. The van der Waals surface area contributed by atoms with Gasteiger partial charge in [-0.15, -0.1) is 0 Å². The number of benzene rings is 2. The van der Waals surface area contributed by atoms with E-state index in [2.05, 4.69) is 4.98 Å². The first-order valence-electron chi connectivity index (χ1n) is 6.88. The molecule has 2 aromatic carbocycles. The molecule has 0 aliphatic heterocycles. The monoisotopic (exact) mass is 342 g/mol. The molecule has 0 aliphatic rings. The van der Waals surface area contributed by atoms with Crippen LogP contribution in [0.3, 0.4) is 0 Å². The molecule has 0 amide bonds. The molecule has 0 saturated heterocycles. The van der Waals surface area contributed by atoms with Crippen molar-refractivity contribution in [3.63, 3.8) is 0 Å². The third kappa shape index (κ3) is 2.93. The maximum atomic E-state index is 12.7. The lowest BCUT2D eigenvalue weighted by atomic mass is 9.99. The Balaban J connectivity index is 2.13. The number of carbonyl (C=O) groups is 1. The first-order chi connectivity index (χ1) is 11.1. The van der Waals surface area contributed by atoms with Crippen molar-refractivity contribution < 1.29 is 4.79 Å². The fraction of sp³-hybridized carbons (Fsp3) is 0. The molecule has 0 radical (unpaired) electrons. The highest BCUT2D eigenvalue weighted by atomic mass is 35.5. The minimum absolute atomic E-state index is 0.246. The summed E-state index contributed by atoms with van der Waals surface area (Å²) in [6.07, 6.45) is 1.54. The predicted octanol–water partition coefficient (Wildman–Crippen LogP) is 4.87. The van der Waals surface area contributed by atoms with Crippen molar-refractivity contribution in [2.75, 3.05) is 5.73 Å². The van der Waals surface area contributed by atoms with Gasteiger partial charge in [0.1, 0.15) is 0 Å². The number of nitrogens with zero attached hydrogens (tertiary/aromatic N) is 1. The quantitative estimate of drug-likeness (QED) is 0.691. The van der Waals surface area contributed by atoms with Crippen LogP contribution >= 0.6 is 23.2 Å². The molecule has 3 rings (SSSR count). The summed E-state index contributed by atoms with van der Waals surface area (Å²) in [5, 5.41) is 0.905. The van der Waals surface area contributed by atoms with Gasteiger partial charge in [0.15, 0.2) is 5.78 Å². The van der Waals surface area contributed by atoms with Gasteiger partial charge in [-0.05, 0) is 24.3 Å². The van der Waals surface area contributed by atoms with Gasteiger partial charge in [0.2, 0.25) is 0 Å². The van der Waals surface area contributed by atoms with E-state index in [0.717, 1.165) is 0 Å². The second-order valence-electron chi connectivity index (χ2n) is 4.91. The third-order valence-corrected chi connectivity index (χ3v) is 4.14. The van der Waals surface area contributed by atoms with Gasteiger partial charge in [-0.3, -0.25) is 9.78 Å². The summed E-state index contributed by atoms with van der Waals surface area (Å²) in [6.45, 7) is 0. The number of nitrogen functional groups attached to an aromatic ring is 1. The van der Waals surface area contributed by atoms with Crippen LogP contribution < -0.4 is 5.73 Å². The zero-order chi connectivity index (χ0) is 16.4. The van der Waals surface area contributed by atoms with Crippen LogP contribution in [0.15, 0.2) is 60.8 Å². The van der Waals surface area contributed by atoms with Gasteiger partial charge in [0.05, 0.1) is 21.4 Å². The molecule has 3 aromatic rings. The second kappa shape index (κ2) is 6.41.